The SMILES string of the molecule is CCC1CCCC1(CN)N1CCCC(C)(C)C1. The highest BCUT2D eigenvalue weighted by molar-refractivity contribution is 5.03. The summed E-state index contributed by atoms with van der Waals surface area (Å²) in [5.74, 6) is 0.835. The first-order chi connectivity index (χ1) is 8.04. The summed E-state index contributed by atoms with van der Waals surface area (Å²) in [6, 6.07) is 0. The monoisotopic (exact) mass is 238 g/mol. The zero-order chi connectivity index (χ0) is 12.5. The van der Waals surface area contributed by atoms with Crippen molar-refractivity contribution in [3.63, 3.8) is 0 Å². The Kier molecular flexibility index (Phi) is 3.84. The van der Waals surface area contributed by atoms with Gasteiger partial charge in [0.05, 0.1) is 0 Å². The highest BCUT2D eigenvalue weighted by Gasteiger charge is 2.47. The van der Waals surface area contributed by atoms with Crippen molar-refractivity contribution in [2.45, 2.75) is 64.8 Å². The quantitative estimate of drug-likeness (QED) is 0.819. The number of piperidine rings is 1. The van der Waals surface area contributed by atoms with Crippen molar-refractivity contribution < 1.29 is 0 Å². The normalized spacial score (nSPS) is 38.5. The topological polar surface area (TPSA) is 29.3 Å². The molecule has 1 heterocycles. The summed E-state index contributed by atoms with van der Waals surface area (Å²) in [6.45, 7) is 10.6. The highest BCUT2D eigenvalue weighted by Crippen LogP contribution is 2.44. The third-order valence-electron chi connectivity index (χ3n) is 5.30. The number of nitrogens with zero attached hydrogens (tertiary/aromatic N) is 1. The predicted molar refractivity (Wildman–Crippen MR) is 74.0 cm³/mol. The number of hydrogen-bond donors (Lipinski definition) is 1. The molecule has 2 rings (SSSR count). The number of rotatable bonds is 3. The highest BCUT2D eigenvalue weighted by atomic mass is 15.2. The van der Waals surface area contributed by atoms with Crippen LogP contribution in [0.4, 0.5) is 0 Å². The van der Waals surface area contributed by atoms with Gasteiger partial charge in [0.25, 0.3) is 0 Å². The molecule has 2 fully saturated rings. The molecular formula is C15H30N2. The van der Waals surface area contributed by atoms with Gasteiger partial charge in [-0.1, -0.05) is 33.6 Å². The molecule has 0 aromatic heterocycles. The minimum absolute atomic E-state index is 0.340. The molecule has 0 bridgehead atoms. The number of nitrogens with two attached hydrogens (primary N) is 1. The molecule has 1 aliphatic carbocycles. The van der Waals surface area contributed by atoms with Gasteiger partial charge < -0.3 is 5.73 Å². The van der Waals surface area contributed by atoms with E-state index in [1.165, 1.54) is 51.6 Å². The van der Waals surface area contributed by atoms with Gasteiger partial charge in [0, 0.05) is 18.6 Å². The zero-order valence-corrected chi connectivity index (χ0v) is 12.0. The maximum atomic E-state index is 6.21. The molecule has 1 aliphatic heterocycles. The lowest BCUT2D eigenvalue weighted by Crippen LogP contribution is -2.60. The fraction of sp³-hybridized carbons (Fsp3) is 1.00. The molecule has 2 unspecified atom stereocenters. The Balaban J connectivity index is 2.17. The van der Waals surface area contributed by atoms with E-state index in [2.05, 4.69) is 25.7 Å². The third-order valence-corrected chi connectivity index (χ3v) is 5.30. The Labute approximate surface area is 107 Å². The number of hydrogen-bond acceptors (Lipinski definition) is 2. The molecule has 2 nitrogen and oxygen atoms in total. The van der Waals surface area contributed by atoms with Crippen LogP contribution in [0.25, 0.3) is 0 Å². The van der Waals surface area contributed by atoms with Gasteiger partial charge in [0.1, 0.15) is 0 Å². The lowest BCUT2D eigenvalue weighted by atomic mass is 9.77. The van der Waals surface area contributed by atoms with Gasteiger partial charge in [-0.3, -0.25) is 4.90 Å². The molecule has 1 saturated carbocycles. The Morgan fingerprint density at radius 1 is 1.24 bits per heavy atom. The summed E-state index contributed by atoms with van der Waals surface area (Å²) < 4.78 is 0. The van der Waals surface area contributed by atoms with Gasteiger partial charge in [0.15, 0.2) is 0 Å². The van der Waals surface area contributed by atoms with E-state index in [0.29, 0.717) is 11.0 Å². The summed E-state index contributed by atoms with van der Waals surface area (Å²) in [6.07, 6.45) is 8.13. The van der Waals surface area contributed by atoms with E-state index < -0.39 is 0 Å². The molecule has 2 N–H and O–H groups in total. The second-order valence-corrected chi connectivity index (χ2v) is 6.99. The van der Waals surface area contributed by atoms with Crippen LogP contribution in [0.2, 0.25) is 0 Å². The Bertz CT molecular complexity index is 262. The van der Waals surface area contributed by atoms with E-state index in [0.717, 1.165) is 12.5 Å². The van der Waals surface area contributed by atoms with Crippen LogP contribution in [0.3, 0.4) is 0 Å². The first-order valence-corrected chi connectivity index (χ1v) is 7.49. The third kappa shape index (κ3) is 2.39. The van der Waals surface area contributed by atoms with E-state index in [-0.39, 0.29) is 0 Å². The second kappa shape index (κ2) is 4.89. The van der Waals surface area contributed by atoms with Crippen LogP contribution in [0.1, 0.15) is 59.3 Å². The summed E-state index contributed by atoms with van der Waals surface area (Å²) in [5, 5.41) is 0. The molecule has 2 heteroatoms. The van der Waals surface area contributed by atoms with E-state index in [4.69, 9.17) is 5.73 Å². The van der Waals surface area contributed by atoms with Gasteiger partial charge in [-0.05, 0) is 43.6 Å². The van der Waals surface area contributed by atoms with Crippen LogP contribution in [0, 0.1) is 11.3 Å². The lowest BCUT2D eigenvalue weighted by molar-refractivity contribution is -0.00522. The summed E-state index contributed by atoms with van der Waals surface area (Å²) in [5.41, 5.74) is 7.04. The standard InChI is InChI=1S/C15H30N2/c1-4-13-7-5-9-15(13,11-16)17-10-6-8-14(2,3)12-17/h13H,4-12,16H2,1-3H3. The summed E-state index contributed by atoms with van der Waals surface area (Å²) in [4.78, 5) is 2.76. The molecule has 0 aromatic rings. The smallest absolute Gasteiger partial charge is 0.0359 e. The molecule has 2 aliphatic rings. The predicted octanol–water partition coefficient (Wildman–Crippen LogP) is 3.02. The maximum absolute atomic E-state index is 6.21. The van der Waals surface area contributed by atoms with E-state index in [1.807, 2.05) is 0 Å². The average molecular weight is 238 g/mol. The van der Waals surface area contributed by atoms with Crippen LogP contribution in [-0.4, -0.2) is 30.1 Å². The van der Waals surface area contributed by atoms with Crippen molar-refractivity contribution in [3.05, 3.63) is 0 Å². The second-order valence-electron chi connectivity index (χ2n) is 6.99. The lowest BCUT2D eigenvalue weighted by Gasteiger charge is -2.50. The van der Waals surface area contributed by atoms with Crippen molar-refractivity contribution in [1.29, 1.82) is 0 Å². The van der Waals surface area contributed by atoms with Crippen molar-refractivity contribution >= 4 is 0 Å². The first kappa shape index (κ1) is 13.4. The first-order valence-electron chi connectivity index (χ1n) is 7.49. The van der Waals surface area contributed by atoms with Crippen molar-refractivity contribution in [1.82, 2.24) is 4.90 Å². The van der Waals surface area contributed by atoms with Crippen LogP contribution >= 0.6 is 0 Å². The maximum Gasteiger partial charge on any atom is 0.0359 e. The van der Waals surface area contributed by atoms with Crippen LogP contribution < -0.4 is 5.73 Å². The van der Waals surface area contributed by atoms with Gasteiger partial charge in [-0.15, -0.1) is 0 Å². The molecule has 0 spiro atoms. The van der Waals surface area contributed by atoms with E-state index in [9.17, 15) is 0 Å². The molecule has 17 heavy (non-hydrogen) atoms. The van der Waals surface area contributed by atoms with Gasteiger partial charge >= 0.3 is 0 Å². The Morgan fingerprint density at radius 3 is 2.59 bits per heavy atom. The molecule has 100 valence electrons. The molecule has 0 aromatic carbocycles. The number of likely N-dealkylation sites (tertiary alicyclic amines) is 1. The molecule has 0 amide bonds. The minimum atomic E-state index is 0.340. The molecule has 2 atom stereocenters. The van der Waals surface area contributed by atoms with E-state index in [1.54, 1.807) is 0 Å². The summed E-state index contributed by atoms with van der Waals surface area (Å²) >= 11 is 0. The molecule has 0 radical (unpaired) electrons. The van der Waals surface area contributed by atoms with Crippen molar-refractivity contribution in [2.75, 3.05) is 19.6 Å². The van der Waals surface area contributed by atoms with Crippen LogP contribution in [-0.2, 0) is 0 Å². The van der Waals surface area contributed by atoms with Crippen LogP contribution in [0.15, 0.2) is 0 Å². The minimum Gasteiger partial charge on any atom is -0.329 e. The largest absolute Gasteiger partial charge is 0.329 e. The Morgan fingerprint density at radius 2 is 2.00 bits per heavy atom. The van der Waals surface area contributed by atoms with Crippen molar-refractivity contribution in [3.8, 4) is 0 Å². The fourth-order valence-electron chi connectivity index (χ4n) is 4.33. The van der Waals surface area contributed by atoms with Gasteiger partial charge in [-0.25, -0.2) is 0 Å². The zero-order valence-electron chi connectivity index (χ0n) is 12.0. The molecule has 1 saturated heterocycles. The fourth-order valence-corrected chi connectivity index (χ4v) is 4.33. The van der Waals surface area contributed by atoms with Crippen LogP contribution in [0.5, 0.6) is 0 Å². The van der Waals surface area contributed by atoms with Crippen molar-refractivity contribution in [2.24, 2.45) is 17.1 Å². The van der Waals surface area contributed by atoms with Gasteiger partial charge in [-0.2, -0.15) is 0 Å². The van der Waals surface area contributed by atoms with Gasteiger partial charge in [0.2, 0.25) is 0 Å². The molecular weight excluding hydrogens is 208 g/mol. The Hall–Kier alpha value is -0.0800. The average Bonchev–Trinajstić information content (AvgIpc) is 2.71. The van der Waals surface area contributed by atoms with E-state index >= 15 is 0 Å². The summed E-state index contributed by atoms with van der Waals surface area (Å²) in [7, 11) is 0.